The SMILES string of the molecule is CCNC(=NCC(C)(O)c1ccc(C)o1)NCCCC(C)C.I. The number of hydrogen-bond donors (Lipinski definition) is 3. The minimum Gasteiger partial charge on any atom is -0.463 e. The van der Waals surface area contributed by atoms with Crippen molar-refractivity contribution in [3.63, 3.8) is 0 Å². The predicted molar refractivity (Wildman–Crippen MR) is 106 cm³/mol. The van der Waals surface area contributed by atoms with E-state index >= 15 is 0 Å². The molecule has 1 rings (SSSR count). The molecule has 0 spiro atoms. The van der Waals surface area contributed by atoms with Gasteiger partial charge in [-0.15, -0.1) is 24.0 Å². The van der Waals surface area contributed by atoms with Gasteiger partial charge >= 0.3 is 0 Å². The van der Waals surface area contributed by atoms with Gasteiger partial charge in [0.05, 0.1) is 6.54 Å². The zero-order valence-electron chi connectivity index (χ0n) is 15.0. The summed E-state index contributed by atoms with van der Waals surface area (Å²) in [6, 6.07) is 3.65. The van der Waals surface area contributed by atoms with Crippen LogP contribution in [-0.2, 0) is 5.60 Å². The number of rotatable bonds is 8. The van der Waals surface area contributed by atoms with E-state index < -0.39 is 5.60 Å². The molecule has 0 radical (unpaired) electrons. The Hall–Kier alpha value is -0.760. The molecule has 0 aliphatic rings. The highest BCUT2D eigenvalue weighted by molar-refractivity contribution is 14.0. The number of nitrogens with one attached hydrogen (secondary N) is 2. The van der Waals surface area contributed by atoms with Crippen LogP contribution >= 0.6 is 24.0 Å². The number of aliphatic imine (C=N–C) groups is 1. The fourth-order valence-electron chi connectivity index (χ4n) is 2.09. The van der Waals surface area contributed by atoms with Crippen LogP contribution in [0, 0.1) is 12.8 Å². The van der Waals surface area contributed by atoms with Crippen molar-refractivity contribution in [3.8, 4) is 0 Å². The number of hydrogen-bond acceptors (Lipinski definition) is 3. The molecule has 0 aromatic carbocycles. The third kappa shape index (κ3) is 8.60. The molecule has 0 bridgehead atoms. The topological polar surface area (TPSA) is 69.8 Å². The van der Waals surface area contributed by atoms with Gasteiger partial charge in [-0.2, -0.15) is 0 Å². The van der Waals surface area contributed by atoms with Crippen molar-refractivity contribution < 1.29 is 9.52 Å². The lowest BCUT2D eigenvalue weighted by Crippen LogP contribution is -2.39. The number of furan rings is 1. The number of guanidine groups is 1. The molecule has 134 valence electrons. The molecule has 23 heavy (non-hydrogen) atoms. The van der Waals surface area contributed by atoms with Crippen molar-refractivity contribution in [2.45, 2.75) is 53.1 Å². The molecule has 1 aromatic rings. The van der Waals surface area contributed by atoms with Crippen LogP contribution in [-0.4, -0.2) is 30.7 Å². The smallest absolute Gasteiger partial charge is 0.191 e. The van der Waals surface area contributed by atoms with Crippen molar-refractivity contribution in [1.29, 1.82) is 0 Å². The van der Waals surface area contributed by atoms with Crippen LogP contribution in [0.2, 0.25) is 0 Å². The Morgan fingerprint density at radius 2 is 2.04 bits per heavy atom. The maximum atomic E-state index is 10.5. The van der Waals surface area contributed by atoms with Crippen molar-refractivity contribution in [1.82, 2.24) is 10.6 Å². The Morgan fingerprint density at radius 3 is 2.57 bits per heavy atom. The molecule has 6 heteroatoms. The Balaban J connectivity index is 0.00000484. The summed E-state index contributed by atoms with van der Waals surface area (Å²) < 4.78 is 5.51. The van der Waals surface area contributed by atoms with Crippen LogP contribution in [0.4, 0.5) is 0 Å². The lowest BCUT2D eigenvalue weighted by Gasteiger charge is -2.19. The molecule has 1 unspecified atom stereocenters. The fraction of sp³-hybridized carbons (Fsp3) is 0.706. The highest BCUT2D eigenvalue weighted by Gasteiger charge is 2.26. The molecule has 3 N–H and O–H groups in total. The maximum absolute atomic E-state index is 10.5. The molecular weight excluding hydrogens is 405 g/mol. The number of nitrogens with zero attached hydrogens (tertiary/aromatic N) is 1. The van der Waals surface area contributed by atoms with E-state index in [2.05, 4.69) is 29.5 Å². The summed E-state index contributed by atoms with van der Waals surface area (Å²) in [6.45, 7) is 12.0. The molecule has 0 aliphatic carbocycles. The summed E-state index contributed by atoms with van der Waals surface area (Å²) >= 11 is 0. The summed E-state index contributed by atoms with van der Waals surface area (Å²) in [6.07, 6.45) is 2.30. The van der Waals surface area contributed by atoms with Gasteiger partial charge in [0, 0.05) is 13.1 Å². The fourth-order valence-corrected chi connectivity index (χ4v) is 2.09. The Bertz CT molecular complexity index is 470. The van der Waals surface area contributed by atoms with Gasteiger partial charge in [0.1, 0.15) is 17.1 Å². The van der Waals surface area contributed by atoms with Gasteiger partial charge in [-0.25, -0.2) is 4.99 Å². The molecule has 5 nitrogen and oxygen atoms in total. The molecule has 0 amide bonds. The molecule has 0 saturated carbocycles. The molecule has 0 fully saturated rings. The monoisotopic (exact) mass is 437 g/mol. The third-order valence-corrected chi connectivity index (χ3v) is 3.41. The van der Waals surface area contributed by atoms with Gasteiger partial charge in [-0.05, 0) is 51.7 Å². The largest absolute Gasteiger partial charge is 0.463 e. The summed E-state index contributed by atoms with van der Waals surface area (Å²) in [5, 5.41) is 17.0. The summed E-state index contributed by atoms with van der Waals surface area (Å²) in [7, 11) is 0. The minimum absolute atomic E-state index is 0. The van der Waals surface area contributed by atoms with E-state index in [9.17, 15) is 5.11 Å². The standard InChI is InChI=1S/C17H31N3O2.HI/c1-6-18-16(19-11-7-8-13(2)3)20-12-17(5,21)15-10-9-14(4)22-15;/h9-10,13,21H,6-8,11-12H2,1-5H3,(H2,18,19,20);1H. The van der Waals surface area contributed by atoms with Crippen LogP contribution in [0.3, 0.4) is 0 Å². The van der Waals surface area contributed by atoms with Gasteiger partial charge < -0.3 is 20.2 Å². The van der Waals surface area contributed by atoms with Crippen LogP contribution in [0.1, 0.15) is 52.1 Å². The van der Waals surface area contributed by atoms with Gasteiger partial charge in [-0.1, -0.05) is 13.8 Å². The third-order valence-electron chi connectivity index (χ3n) is 3.41. The second-order valence-electron chi connectivity index (χ2n) is 6.34. The molecule has 1 atom stereocenters. The highest BCUT2D eigenvalue weighted by atomic mass is 127. The average Bonchev–Trinajstić information content (AvgIpc) is 2.88. The molecule has 0 aliphatic heterocycles. The van der Waals surface area contributed by atoms with Gasteiger partial charge in [0.2, 0.25) is 0 Å². The number of halogens is 1. The molecule has 1 heterocycles. The summed E-state index contributed by atoms with van der Waals surface area (Å²) in [4.78, 5) is 4.47. The Labute approximate surface area is 157 Å². The van der Waals surface area contributed by atoms with Crippen molar-refractivity contribution in [2.75, 3.05) is 19.6 Å². The van der Waals surface area contributed by atoms with Crippen LogP contribution in [0.5, 0.6) is 0 Å². The quantitative estimate of drug-likeness (QED) is 0.252. The van der Waals surface area contributed by atoms with Gasteiger partial charge in [-0.3, -0.25) is 0 Å². The van der Waals surface area contributed by atoms with E-state index in [1.807, 2.05) is 19.9 Å². The van der Waals surface area contributed by atoms with Crippen molar-refractivity contribution >= 4 is 29.9 Å². The first-order valence-electron chi connectivity index (χ1n) is 8.16. The first-order chi connectivity index (χ1) is 10.3. The second kappa shape index (κ2) is 10.9. The van der Waals surface area contributed by atoms with E-state index in [1.165, 1.54) is 6.42 Å². The number of aryl methyl sites for hydroxylation is 1. The lowest BCUT2D eigenvalue weighted by atomic mass is 10.0. The highest BCUT2D eigenvalue weighted by Crippen LogP contribution is 2.22. The van der Waals surface area contributed by atoms with E-state index in [0.717, 1.165) is 31.2 Å². The normalized spacial score (nSPS) is 14.3. The first kappa shape index (κ1) is 22.2. The first-order valence-corrected chi connectivity index (χ1v) is 8.16. The van der Waals surface area contributed by atoms with Crippen molar-refractivity contribution in [2.24, 2.45) is 10.9 Å². The van der Waals surface area contributed by atoms with Crippen LogP contribution in [0.15, 0.2) is 21.5 Å². The van der Waals surface area contributed by atoms with E-state index in [4.69, 9.17) is 4.42 Å². The minimum atomic E-state index is -1.10. The summed E-state index contributed by atoms with van der Waals surface area (Å²) in [5.74, 6) is 2.78. The predicted octanol–water partition coefficient (Wildman–Crippen LogP) is 3.40. The summed E-state index contributed by atoms with van der Waals surface area (Å²) in [5.41, 5.74) is -1.10. The zero-order chi connectivity index (χ0) is 16.6. The van der Waals surface area contributed by atoms with Crippen LogP contribution < -0.4 is 10.6 Å². The van der Waals surface area contributed by atoms with Gasteiger partial charge in [0.15, 0.2) is 5.96 Å². The Kier molecular flexibility index (Phi) is 10.6. The zero-order valence-corrected chi connectivity index (χ0v) is 17.3. The average molecular weight is 437 g/mol. The molecule has 0 saturated heterocycles. The Morgan fingerprint density at radius 1 is 1.35 bits per heavy atom. The van der Waals surface area contributed by atoms with Crippen molar-refractivity contribution in [3.05, 3.63) is 23.7 Å². The molecular formula is C17H32IN3O2. The second-order valence-corrected chi connectivity index (χ2v) is 6.34. The molecule has 1 aromatic heterocycles. The maximum Gasteiger partial charge on any atom is 0.191 e. The van der Waals surface area contributed by atoms with E-state index in [1.54, 1.807) is 13.0 Å². The lowest BCUT2D eigenvalue weighted by molar-refractivity contribution is 0.0428. The number of aliphatic hydroxyl groups is 1. The van der Waals surface area contributed by atoms with E-state index in [-0.39, 0.29) is 30.5 Å². The van der Waals surface area contributed by atoms with Gasteiger partial charge in [0.25, 0.3) is 0 Å². The van der Waals surface area contributed by atoms with Crippen LogP contribution in [0.25, 0.3) is 0 Å². The van der Waals surface area contributed by atoms with E-state index in [0.29, 0.717) is 11.7 Å².